The van der Waals surface area contributed by atoms with Gasteiger partial charge < -0.3 is 4.52 Å². The van der Waals surface area contributed by atoms with Gasteiger partial charge in [-0.3, -0.25) is 0 Å². The van der Waals surface area contributed by atoms with Crippen molar-refractivity contribution < 1.29 is 12.9 Å². The second-order valence-corrected chi connectivity index (χ2v) is 8.26. The van der Waals surface area contributed by atoms with Gasteiger partial charge in [-0.2, -0.15) is 22.0 Å². The van der Waals surface area contributed by atoms with E-state index in [-0.39, 0.29) is 6.04 Å². The molecule has 2 heterocycles. The van der Waals surface area contributed by atoms with Crippen LogP contribution in [0.1, 0.15) is 30.1 Å². The van der Waals surface area contributed by atoms with Crippen LogP contribution in [0.25, 0.3) is 0 Å². The summed E-state index contributed by atoms with van der Waals surface area (Å²) in [6.07, 6.45) is 2.73. The Morgan fingerprint density at radius 3 is 2.75 bits per heavy atom. The van der Waals surface area contributed by atoms with E-state index in [4.69, 9.17) is 4.52 Å². The first-order chi connectivity index (χ1) is 11.5. The molecule has 1 aliphatic rings. The minimum Gasteiger partial charge on any atom is -0.339 e. The lowest BCUT2D eigenvalue weighted by Crippen LogP contribution is -2.43. The van der Waals surface area contributed by atoms with Crippen LogP contribution in [0, 0.1) is 0 Å². The second kappa shape index (κ2) is 7.00. The maximum atomic E-state index is 12.4. The van der Waals surface area contributed by atoms with Gasteiger partial charge in [0, 0.05) is 33.1 Å². The van der Waals surface area contributed by atoms with Gasteiger partial charge in [0.1, 0.15) is 0 Å². The van der Waals surface area contributed by atoms with Gasteiger partial charge in [0.25, 0.3) is 10.2 Å². The van der Waals surface area contributed by atoms with E-state index >= 15 is 0 Å². The van der Waals surface area contributed by atoms with E-state index in [1.54, 1.807) is 18.4 Å². The molecule has 1 saturated heterocycles. The van der Waals surface area contributed by atoms with Crippen LogP contribution in [0.4, 0.5) is 0 Å². The number of hydrogen-bond acceptors (Lipinski definition) is 5. The third-order valence-electron chi connectivity index (χ3n) is 4.21. The van der Waals surface area contributed by atoms with Gasteiger partial charge >= 0.3 is 0 Å². The Hall–Kier alpha value is -1.77. The Morgan fingerprint density at radius 2 is 2.04 bits per heavy atom. The Balaban J connectivity index is 1.68. The molecule has 130 valence electrons. The molecule has 1 atom stereocenters. The maximum Gasteiger partial charge on any atom is 0.281 e. The SMILES string of the molecule is CN(C)S(=O)(=O)N1CCCC1Cc1noc(Cc2ccccc2)n1. The Kier molecular flexibility index (Phi) is 4.98. The number of hydrogen-bond donors (Lipinski definition) is 0. The van der Waals surface area contributed by atoms with E-state index in [0.29, 0.717) is 31.1 Å². The van der Waals surface area contributed by atoms with Crippen LogP contribution in [0.5, 0.6) is 0 Å². The van der Waals surface area contributed by atoms with Gasteiger partial charge in [0.05, 0.1) is 6.42 Å². The molecule has 0 saturated carbocycles. The molecule has 0 amide bonds. The number of rotatable bonds is 6. The summed E-state index contributed by atoms with van der Waals surface area (Å²) in [7, 11) is -0.302. The fraction of sp³-hybridized carbons (Fsp3) is 0.500. The average Bonchev–Trinajstić information content (AvgIpc) is 3.18. The van der Waals surface area contributed by atoms with Gasteiger partial charge in [0.15, 0.2) is 5.82 Å². The molecule has 3 rings (SSSR count). The Labute approximate surface area is 142 Å². The minimum absolute atomic E-state index is 0.112. The molecule has 1 aliphatic heterocycles. The second-order valence-electron chi connectivity index (χ2n) is 6.17. The van der Waals surface area contributed by atoms with E-state index in [2.05, 4.69) is 10.1 Å². The highest BCUT2D eigenvalue weighted by Gasteiger charge is 2.36. The molecule has 0 radical (unpaired) electrons. The van der Waals surface area contributed by atoms with Crippen LogP contribution in [0.15, 0.2) is 34.9 Å². The van der Waals surface area contributed by atoms with Crippen LogP contribution in [0.3, 0.4) is 0 Å². The van der Waals surface area contributed by atoms with Crippen LogP contribution >= 0.6 is 0 Å². The topological polar surface area (TPSA) is 79.5 Å². The Morgan fingerprint density at radius 1 is 1.29 bits per heavy atom. The van der Waals surface area contributed by atoms with Crippen molar-refractivity contribution in [3.05, 3.63) is 47.6 Å². The molecule has 1 fully saturated rings. The zero-order valence-corrected chi connectivity index (χ0v) is 14.7. The molecule has 1 aromatic heterocycles. The van der Waals surface area contributed by atoms with Crippen molar-refractivity contribution >= 4 is 10.2 Å². The fourth-order valence-corrected chi connectivity index (χ4v) is 4.29. The van der Waals surface area contributed by atoms with Crippen LogP contribution in [-0.2, 0) is 23.1 Å². The van der Waals surface area contributed by atoms with Crippen molar-refractivity contribution in [3.63, 3.8) is 0 Å². The first kappa shape index (κ1) is 17.1. The minimum atomic E-state index is -3.41. The molecule has 0 N–H and O–H groups in total. The quantitative estimate of drug-likeness (QED) is 0.788. The van der Waals surface area contributed by atoms with Crippen molar-refractivity contribution in [1.29, 1.82) is 0 Å². The summed E-state index contributed by atoms with van der Waals surface area (Å²) in [4.78, 5) is 4.42. The van der Waals surface area contributed by atoms with E-state index in [9.17, 15) is 8.42 Å². The average molecular weight is 350 g/mol. The molecular formula is C16H22N4O3S. The van der Waals surface area contributed by atoms with Crippen LogP contribution < -0.4 is 0 Å². The largest absolute Gasteiger partial charge is 0.339 e. The highest BCUT2D eigenvalue weighted by Crippen LogP contribution is 2.24. The molecule has 0 bridgehead atoms. The molecule has 0 spiro atoms. The maximum absolute atomic E-state index is 12.4. The summed E-state index contributed by atoms with van der Waals surface area (Å²) < 4.78 is 32.8. The third kappa shape index (κ3) is 3.66. The molecule has 24 heavy (non-hydrogen) atoms. The third-order valence-corrected chi connectivity index (χ3v) is 6.20. The molecule has 7 nitrogen and oxygen atoms in total. The smallest absolute Gasteiger partial charge is 0.281 e. The molecule has 2 aromatic rings. The summed E-state index contributed by atoms with van der Waals surface area (Å²) in [6, 6.07) is 9.80. The summed E-state index contributed by atoms with van der Waals surface area (Å²) in [6.45, 7) is 0.542. The summed E-state index contributed by atoms with van der Waals surface area (Å²) in [5, 5.41) is 4.02. The van der Waals surface area contributed by atoms with Crippen molar-refractivity contribution in [2.45, 2.75) is 31.7 Å². The van der Waals surface area contributed by atoms with Gasteiger partial charge in [-0.15, -0.1) is 0 Å². The predicted octanol–water partition coefficient (Wildman–Crippen LogP) is 1.47. The summed E-state index contributed by atoms with van der Waals surface area (Å²) in [5.74, 6) is 1.11. The molecule has 8 heteroatoms. The van der Waals surface area contributed by atoms with E-state index < -0.39 is 10.2 Å². The van der Waals surface area contributed by atoms with Crippen LogP contribution in [-0.4, -0.2) is 53.9 Å². The molecule has 1 unspecified atom stereocenters. The predicted molar refractivity (Wildman–Crippen MR) is 89.6 cm³/mol. The normalized spacial score (nSPS) is 19.2. The Bertz CT molecular complexity index is 774. The lowest BCUT2D eigenvalue weighted by atomic mass is 10.1. The zero-order valence-electron chi connectivity index (χ0n) is 13.9. The fourth-order valence-electron chi connectivity index (χ4n) is 2.95. The summed E-state index contributed by atoms with van der Waals surface area (Å²) >= 11 is 0. The van der Waals surface area contributed by atoms with Crippen molar-refractivity contribution in [2.75, 3.05) is 20.6 Å². The monoisotopic (exact) mass is 350 g/mol. The number of benzene rings is 1. The van der Waals surface area contributed by atoms with Crippen molar-refractivity contribution in [2.24, 2.45) is 0 Å². The van der Waals surface area contributed by atoms with Gasteiger partial charge in [-0.25, -0.2) is 0 Å². The zero-order chi connectivity index (χ0) is 17.2. The van der Waals surface area contributed by atoms with Crippen molar-refractivity contribution in [3.8, 4) is 0 Å². The molecule has 0 aliphatic carbocycles. The highest BCUT2D eigenvalue weighted by atomic mass is 32.2. The molecular weight excluding hydrogens is 328 g/mol. The first-order valence-electron chi connectivity index (χ1n) is 8.01. The lowest BCUT2D eigenvalue weighted by Gasteiger charge is -2.26. The highest BCUT2D eigenvalue weighted by molar-refractivity contribution is 7.86. The van der Waals surface area contributed by atoms with Gasteiger partial charge in [0.2, 0.25) is 5.89 Å². The van der Waals surface area contributed by atoms with E-state index in [1.165, 1.54) is 4.31 Å². The standard InChI is InChI=1S/C16H22N4O3S/c1-19(2)24(21,22)20-10-6-9-14(20)12-15-17-16(23-18-15)11-13-7-4-3-5-8-13/h3-5,7-8,14H,6,9-12H2,1-2H3. The first-order valence-corrected chi connectivity index (χ1v) is 9.41. The number of nitrogens with zero attached hydrogens (tertiary/aromatic N) is 4. The van der Waals surface area contributed by atoms with Gasteiger partial charge in [-0.1, -0.05) is 35.5 Å². The summed E-state index contributed by atoms with van der Waals surface area (Å²) in [5.41, 5.74) is 1.10. The van der Waals surface area contributed by atoms with Crippen molar-refractivity contribution in [1.82, 2.24) is 18.8 Å². The lowest BCUT2D eigenvalue weighted by molar-refractivity contribution is 0.342. The molecule has 1 aromatic carbocycles. The van der Waals surface area contributed by atoms with Crippen LogP contribution in [0.2, 0.25) is 0 Å². The number of aromatic nitrogens is 2. The van der Waals surface area contributed by atoms with E-state index in [1.807, 2.05) is 30.3 Å². The van der Waals surface area contributed by atoms with Gasteiger partial charge in [-0.05, 0) is 18.4 Å². The van der Waals surface area contributed by atoms with E-state index in [0.717, 1.165) is 18.4 Å².